The summed E-state index contributed by atoms with van der Waals surface area (Å²) in [6.45, 7) is 1.64. The third-order valence-corrected chi connectivity index (χ3v) is 6.13. The summed E-state index contributed by atoms with van der Waals surface area (Å²) in [6.07, 6.45) is 7.06. The molecule has 194 valence electrons. The van der Waals surface area contributed by atoms with Gasteiger partial charge in [-0.05, 0) is 38.4 Å². The number of aryl methyl sites for hydroxylation is 1. The molecule has 5 rings (SSSR count). The van der Waals surface area contributed by atoms with E-state index in [0.29, 0.717) is 17.5 Å². The van der Waals surface area contributed by atoms with E-state index < -0.39 is 0 Å². The van der Waals surface area contributed by atoms with Gasteiger partial charge >= 0.3 is 0 Å². The van der Waals surface area contributed by atoms with Crippen LogP contribution in [0, 0.1) is 0 Å². The number of rotatable bonds is 10. The van der Waals surface area contributed by atoms with E-state index in [1.807, 2.05) is 57.5 Å². The molecule has 0 atom stereocenters. The summed E-state index contributed by atoms with van der Waals surface area (Å²) < 4.78 is 7.85. The molecule has 10 nitrogen and oxygen atoms in total. The highest BCUT2D eigenvalue weighted by Gasteiger charge is 2.15. The van der Waals surface area contributed by atoms with Gasteiger partial charge in [0.2, 0.25) is 5.95 Å². The number of para-hydroxylation sites is 1. The molecule has 0 aliphatic carbocycles. The minimum Gasteiger partial charge on any atom is -0.494 e. The molecule has 0 spiro atoms. The van der Waals surface area contributed by atoms with Crippen molar-refractivity contribution in [1.82, 2.24) is 29.4 Å². The molecule has 0 unspecified atom stereocenters. The molecule has 3 aromatic heterocycles. The van der Waals surface area contributed by atoms with E-state index in [0.717, 1.165) is 52.3 Å². The van der Waals surface area contributed by atoms with Gasteiger partial charge in [-0.1, -0.05) is 18.2 Å². The van der Waals surface area contributed by atoms with Gasteiger partial charge in [0.05, 0.1) is 29.9 Å². The number of ether oxygens (including phenoxy) is 1. The zero-order chi connectivity index (χ0) is 26.5. The Balaban J connectivity index is 1.48. The SMILES string of the molecule is COc1cc(NCCN(C)C)c(Nc2ccncn2)cc1Nc1nccc(-c2cn(C)c3ccccc23)n1. The summed E-state index contributed by atoms with van der Waals surface area (Å²) in [5.74, 6) is 1.81. The van der Waals surface area contributed by atoms with Gasteiger partial charge in [-0.2, -0.15) is 0 Å². The molecule has 0 aliphatic rings. The molecule has 3 heterocycles. The molecule has 3 N–H and O–H groups in total. The average molecular weight is 510 g/mol. The van der Waals surface area contributed by atoms with Crippen LogP contribution in [0.4, 0.5) is 28.8 Å². The van der Waals surface area contributed by atoms with Crippen molar-refractivity contribution in [3.05, 3.63) is 73.4 Å². The molecule has 2 aromatic carbocycles. The van der Waals surface area contributed by atoms with Crippen molar-refractivity contribution in [2.45, 2.75) is 0 Å². The second kappa shape index (κ2) is 11.1. The van der Waals surface area contributed by atoms with Crippen LogP contribution < -0.4 is 20.7 Å². The van der Waals surface area contributed by atoms with E-state index in [1.165, 1.54) is 6.33 Å². The minimum absolute atomic E-state index is 0.468. The Labute approximate surface area is 221 Å². The highest BCUT2D eigenvalue weighted by molar-refractivity contribution is 5.95. The van der Waals surface area contributed by atoms with Crippen LogP contribution in [-0.2, 0) is 7.05 Å². The van der Waals surface area contributed by atoms with E-state index in [4.69, 9.17) is 9.72 Å². The minimum atomic E-state index is 0.468. The lowest BCUT2D eigenvalue weighted by Crippen LogP contribution is -2.21. The van der Waals surface area contributed by atoms with Crippen LogP contribution >= 0.6 is 0 Å². The van der Waals surface area contributed by atoms with Crippen molar-refractivity contribution in [3.8, 4) is 17.0 Å². The predicted molar refractivity (Wildman–Crippen MR) is 153 cm³/mol. The highest BCUT2D eigenvalue weighted by Crippen LogP contribution is 2.37. The molecule has 0 aliphatic heterocycles. The van der Waals surface area contributed by atoms with Crippen LogP contribution in [0.2, 0.25) is 0 Å². The fraction of sp³-hybridized carbons (Fsp3) is 0.214. The maximum Gasteiger partial charge on any atom is 0.227 e. The van der Waals surface area contributed by atoms with Crippen LogP contribution in [0.25, 0.3) is 22.2 Å². The topological polar surface area (TPSA) is 105 Å². The molecule has 0 saturated carbocycles. The van der Waals surface area contributed by atoms with Crippen molar-refractivity contribution in [1.29, 1.82) is 0 Å². The number of methoxy groups -OCH3 is 1. The van der Waals surface area contributed by atoms with Crippen molar-refractivity contribution >= 4 is 39.7 Å². The first-order valence-corrected chi connectivity index (χ1v) is 12.3. The number of aromatic nitrogens is 5. The molecule has 10 heteroatoms. The lowest BCUT2D eigenvalue weighted by Gasteiger charge is -2.19. The Morgan fingerprint density at radius 1 is 0.947 bits per heavy atom. The molecule has 0 radical (unpaired) electrons. The second-order valence-corrected chi connectivity index (χ2v) is 9.11. The van der Waals surface area contributed by atoms with E-state index in [1.54, 1.807) is 19.5 Å². The molecular weight excluding hydrogens is 478 g/mol. The first-order chi connectivity index (χ1) is 18.5. The number of fused-ring (bicyclic) bond motifs is 1. The lowest BCUT2D eigenvalue weighted by molar-refractivity contribution is 0.416. The zero-order valence-corrected chi connectivity index (χ0v) is 21.9. The largest absolute Gasteiger partial charge is 0.494 e. The lowest BCUT2D eigenvalue weighted by atomic mass is 10.1. The Morgan fingerprint density at radius 2 is 1.82 bits per heavy atom. The number of nitrogens with zero attached hydrogens (tertiary/aromatic N) is 6. The maximum atomic E-state index is 5.74. The summed E-state index contributed by atoms with van der Waals surface area (Å²) >= 11 is 0. The van der Waals surface area contributed by atoms with Gasteiger partial charge in [0.15, 0.2) is 0 Å². The summed E-state index contributed by atoms with van der Waals surface area (Å²) in [6, 6.07) is 15.9. The van der Waals surface area contributed by atoms with Crippen LogP contribution in [0.15, 0.2) is 73.4 Å². The van der Waals surface area contributed by atoms with Crippen LogP contribution in [-0.4, -0.2) is 63.7 Å². The van der Waals surface area contributed by atoms with Crippen LogP contribution in [0.1, 0.15) is 0 Å². The van der Waals surface area contributed by atoms with Crippen molar-refractivity contribution in [2.75, 3.05) is 50.2 Å². The summed E-state index contributed by atoms with van der Waals surface area (Å²) in [7, 11) is 7.77. The van der Waals surface area contributed by atoms with E-state index in [2.05, 4.69) is 58.7 Å². The standard InChI is InChI=1S/C28H31N9O/c1-36(2)14-13-30-22-16-26(38-4)24(15-23(22)33-27-10-11-29-18-32-27)35-28-31-12-9-21(34-28)20-17-37(3)25-8-6-5-7-19(20)25/h5-12,15-18,30H,13-14H2,1-4H3,(H,29,32,33)(H,31,34,35). The summed E-state index contributed by atoms with van der Waals surface area (Å²) in [5, 5.41) is 11.4. The van der Waals surface area contributed by atoms with E-state index in [9.17, 15) is 0 Å². The predicted octanol–water partition coefficient (Wildman–Crippen LogP) is 4.89. The Morgan fingerprint density at radius 3 is 2.61 bits per heavy atom. The first kappa shape index (κ1) is 25.0. The van der Waals surface area contributed by atoms with Gasteiger partial charge in [-0.25, -0.2) is 19.9 Å². The number of anilines is 5. The number of likely N-dealkylation sites (N-methyl/N-ethyl adjacent to an activating group) is 1. The van der Waals surface area contributed by atoms with E-state index >= 15 is 0 Å². The zero-order valence-electron chi connectivity index (χ0n) is 21.9. The molecular formula is C28H31N9O. The number of benzene rings is 2. The van der Waals surface area contributed by atoms with Gasteiger partial charge in [0, 0.05) is 61.3 Å². The maximum absolute atomic E-state index is 5.74. The number of hydrogen-bond acceptors (Lipinski definition) is 9. The van der Waals surface area contributed by atoms with Crippen LogP contribution in [0.3, 0.4) is 0 Å². The summed E-state index contributed by atoms with van der Waals surface area (Å²) in [4.78, 5) is 19.8. The quantitative estimate of drug-likeness (QED) is 0.243. The molecule has 0 saturated heterocycles. The van der Waals surface area contributed by atoms with Crippen molar-refractivity contribution in [3.63, 3.8) is 0 Å². The molecule has 38 heavy (non-hydrogen) atoms. The van der Waals surface area contributed by atoms with E-state index in [-0.39, 0.29) is 0 Å². The average Bonchev–Trinajstić information content (AvgIpc) is 3.27. The fourth-order valence-corrected chi connectivity index (χ4v) is 4.25. The molecule has 0 bridgehead atoms. The number of hydrogen-bond donors (Lipinski definition) is 3. The Bertz CT molecular complexity index is 1530. The molecule has 0 amide bonds. The third-order valence-electron chi connectivity index (χ3n) is 6.13. The summed E-state index contributed by atoms with van der Waals surface area (Å²) in [5.41, 5.74) is 5.47. The van der Waals surface area contributed by atoms with Gasteiger partial charge in [0.25, 0.3) is 0 Å². The van der Waals surface area contributed by atoms with Gasteiger partial charge in [-0.15, -0.1) is 0 Å². The first-order valence-electron chi connectivity index (χ1n) is 12.3. The second-order valence-electron chi connectivity index (χ2n) is 9.11. The molecule has 0 fully saturated rings. The fourth-order valence-electron chi connectivity index (χ4n) is 4.25. The van der Waals surface area contributed by atoms with Crippen molar-refractivity contribution in [2.24, 2.45) is 7.05 Å². The van der Waals surface area contributed by atoms with Gasteiger partial charge in [0.1, 0.15) is 17.9 Å². The van der Waals surface area contributed by atoms with Gasteiger partial charge in [-0.3, -0.25) is 0 Å². The number of nitrogens with one attached hydrogen (secondary N) is 3. The molecule has 5 aromatic rings. The Hall–Kier alpha value is -4.70. The normalized spacial score (nSPS) is 11.1. The van der Waals surface area contributed by atoms with Crippen molar-refractivity contribution < 1.29 is 4.74 Å². The third kappa shape index (κ3) is 5.50. The van der Waals surface area contributed by atoms with Crippen LogP contribution in [0.5, 0.6) is 5.75 Å². The smallest absolute Gasteiger partial charge is 0.227 e. The monoisotopic (exact) mass is 509 g/mol. The highest BCUT2D eigenvalue weighted by atomic mass is 16.5. The Kier molecular flexibility index (Phi) is 7.32. The van der Waals surface area contributed by atoms with Gasteiger partial charge < -0.3 is 30.2 Å².